The monoisotopic (exact) mass is 264 g/mol. The molecule has 0 heterocycles. The van der Waals surface area contributed by atoms with Crippen molar-refractivity contribution in [3.8, 4) is 0 Å². The van der Waals surface area contributed by atoms with Gasteiger partial charge < -0.3 is 0 Å². The Morgan fingerprint density at radius 2 is 1.50 bits per heavy atom. The van der Waals surface area contributed by atoms with Crippen molar-refractivity contribution >= 4 is 9.84 Å². The first-order chi connectivity index (χ1) is 8.51. The van der Waals surface area contributed by atoms with Gasteiger partial charge in [0.2, 0.25) is 15.3 Å². The Kier molecular flexibility index (Phi) is 3.48. The summed E-state index contributed by atoms with van der Waals surface area (Å²) >= 11 is 0. The number of hydrogen-bond acceptors (Lipinski definition) is 2. The molecule has 2 nitrogen and oxygen atoms in total. The second kappa shape index (κ2) is 4.90. The smallest absolute Gasteiger partial charge is 0.224 e. The van der Waals surface area contributed by atoms with Crippen molar-refractivity contribution in [2.45, 2.75) is 17.3 Å². The van der Waals surface area contributed by atoms with Gasteiger partial charge in [-0.25, -0.2) is 12.8 Å². The van der Waals surface area contributed by atoms with Crippen LogP contribution >= 0.6 is 0 Å². The zero-order valence-electron chi connectivity index (χ0n) is 9.88. The maximum absolute atomic E-state index is 14.1. The Morgan fingerprint density at radius 3 is 2.06 bits per heavy atom. The van der Waals surface area contributed by atoms with E-state index in [0.29, 0.717) is 0 Å². The summed E-state index contributed by atoms with van der Waals surface area (Å²) in [4.78, 5) is -0.00178. The Labute approximate surface area is 106 Å². The molecule has 0 saturated heterocycles. The van der Waals surface area contributed by atoms with Crippen molar-refractivity contribution in [2.24, 2.45) is 0 Å². The minimum absolute atomic E-state index is 0.00178. The molecule has 2 rings (SSSR count). The molecule has 0 amide bonds. The van der Waals surface area contributed by atoms with Gasteiger partial charge in [0.05, 0.1) is 4.90 Å². The lowest BCUT2D eigenvalue weighted by Gasteiger charge is -2.10. The fraction of sp³-hybridized carbons (Fsp3) is 0.143. The van der Waals surface area contributed by atoms with Crippen LogP contribution in [0.25, 0.3) is 0 Å². The Bertz CT molecular complexity index is 619. The predicted octanol–water partition coefficient (Wildman–Crippen LogP) is 3.44. The molecular formula is C14H13FO2S. The molecule has 2 aromatic rings. The molecule has 0 aliphatic carbocycles. The molecular weight excluding hydrogens is 251 g/mol. The zero-order chi connectivity index (χ0) is 13.2. The highest BCUT2D eigenvalue weighted by Gasteiger charge is 2.28. The van der Waals surface area contributed by atoms with Crippen molar-refractivity contribution < 1.29 is 12.8 Å². The minimum Gasteiger partial charge on any atom is -0.224 e. The van der Waals surface area contributed by atoms with Crippen molar-refractivity contribution in [1.82, 2.24) is 0 Å². The van der Waals surface area contributed by atoms with Crippen LogP contribution in [0.1, 0.15) is 16.6 Å². The molecule has 2 aromatic carbocycles. The first-order valence-electron chi connectivity index (χ1n) is 5.51. The van der Waals surface area contributed by atoms with Gasteiger partial charge in [0.25, 0.3) is 0 Å². The van der Waals surface area contributed by atoms with Crippen LogP contribution in [0.15, 0.2) is 59.5 Å². The number of sulfone groups is 1. The molecule has 0 N–H and O–H groups in total. The predicted molar refractivity (Wildman–Crippen MR) is 68.7 cm³/mol. The fourth-order valence-electron chi connectivity index (χ4n) is 1.63. The third-order valence-electron chi connectivity index (χ3n) is 2.68. The molecule has 0 aliphatic rings. The topological polar surface area (TPSA) is 34.1 Å². The van der Waals surface area contributed by atoms with E-state index < -0.39 is 15.3 Å². The number of alkyl halides is 1. The van der Waals surface area contributed by atoms with Crippen LogP contribution in [-0.4, -0.2) is 8.42 Å². The van der Waals surface area contributed by atoms with Crippen LogP contribution in [0.2, 0.25) is 0 Å². The lowest BCUT2D eigenvalue weighted by atomic mass is 10.2. The number of hydrogen-bond donors (Lipinski definition) is 0. The van der Waals surface area contributed by atoms with Crippen molar-refractivity contribution in [2.75, 3.05) is 0 Å². The quantitative estimate of drug-likeness (QED) is 0.851. The van der Waals surface area contributed by atoms with E-state index >= 15 is 0 Å². The maximum Gasteiger partial charge on any atom is 0.230 e. The summed E-state index contributed by atoms with van der Waals surface area (Å²) in [5.74, 6) is 0. The van der Waals surface area contributed by atoms with E-state index in [4.69, 9.17) is 0 Å². The van der Waals surface area contributed by atoms with Crippen LogP contribution < -0.4 is 0 Å². The Morgan fingerprint density at radius 1 is 0.944 bits per heavy atom. The normalized spacial score (nSPS) is 13.2. The molecule has 1 unspecified atom stereocenters. The summed E-state index contributed by atoms with van der Waals surface area (Å²) in [7, 11) is -3.97. The van der Waals surface area contributed by atoms with Crippen LogP contribution in [-0.2, 0) is 9.84 Å². The highest BCUT2D eigenvalue weighted by molar-refractivity contribution is 7.91. The molecule has 0 spiro atoms. The molecule has 0 bridgehead atoms. The molecule has 0 fully saturated rings. The van der Waals surface area contributed by atoms with E-state index in [0.717, 1.165) is 5.56 Å². The van der Waals surface area contributed by atoms with E-state index in [-0.39, 0.29) is 10.5 Å². The van der Waals surface area contributed by atoms with E-state index in [1.54, 1.807) is 30.3 Å². The number of rotatable bonds is 3. The van der Waals surface area contributed by atoms with Crippen molar-refractivity contribution in [3.05, 3.63) is 65.7 Å². The molecule has 4 heteroatoms. The molecule has 94 valence electrons. The number of aryl methyl sites for hydroxylation is 1. The van der Waals surface area contributed by atoms with Gasteiger partial charge in [0, 0.05) is 5.56 Å². The third-order valence-corrected chi connectivity index (χ3v) is 4.43. The van der Waals surface area contributed by atoms with Gasteiger partial charge in [-0.2, -0.15) is 0 Å². The average Bonchev–Trinajstić information content (AvgIpc) is 2.40. The summed E-state index contributed by atoms with van der Waals surface area (Å²) in [5.41, 5.74) is -0.909. The van der Waals surface area contributed by atoms with E-state index in [1.807, 2.05) is 6.92 Å². The summed E-state index contributed by atoms with van der Waals surface area (Å²) in [6, 6.07) is 14.0. The second-order valence-electron chi connectivity index (χ2n) is 4.08. The Hall–Kier alpha value is -1.68. The van der Waals surface area contributed by atoms with Gasteiger partial charge in [0.15, 0.2) is 0 Å². The van der Waals surface area contributed by atoms with Gasteiger partial charge >= 0.3 is 0 Å². The number of benzene rings is 2. The summed E-state index contributed by atoms with van der Waals surface area (Å²) in [6.07, 6.45) is 0. The molecule has 0 aliphatic heterocycles. The molecule has 18 heavy (non-hydrogen) atoms. The van der Waals surface area contributed by atoms with E-state index in [9.17, 15) is 12.8 Å². The zero-order valence-corrected chi connectivity index (χ0v) is 10.7. The van der Waals surface area contributed by atoms with Crippen LogP contribution in [0, 0.1) is 6.92 Å². The van der Waals surface area contributed by atoms with Gasteiger partial charge in [0.1, 0.15) is 0 Å². The lowest BCUT2D eigenvalue weighted by Crippen LogP contribution is -2.09. The lowest BCUT2D eigenvalue weighted by molar-refractivity contribution is 0.431. The summed E-state index contributed by atoms with van der Waals surface area (Å²) < 4.78 is 38.2. The van der Waals surface area contributed by atoms with Gasteiger partial charge in [-0.3, -0.25) is 0 Å². The van der Waals surface area contributed by atoms with E-state index in [1.165, 1.54) is 24.3 Å². The van der Waals surface area contributed by atoms with Gasteiger partial charge in [-0.1, -0.05) is 48.0 Å². The third kappa shape index (κ3) is 2.43. The molecule has 0 aromatic heterocycles. The molecule has 0 radical (unpaired) electrons. The maximum atomic E-state index is 14.1. The van der Waals surface area contributed by atoms with Gasteiger partial charge in [-0.15, -0.1) is 0 Å². The molecule has 1 atom stereocenters. The van der Waals surface area contributed by atoms with Crippen LogP contribution in [0.5, 0.6) is 0 Å². The van der Waals surface area contributed by atoms with E-state index in [2.05, 4.69) is 0 Å². The fourth-order valence-corrected chi connectivity index (χ4v) is 2.92. The largest absolute Gasteiger partial charge is 0.230 e. The van der Waals surface area contributed by atoms with Gasteiger partial charge in [-0.05, 0) is 19.1 Å². The highest BCUT2D eigenvalue weighted by Crippen LogP contribution is 2.29. The van der Waals surface area contributed by atoms with Crippen molar-refractivity contribution in [3.63, 3.8) is 0 Å². The standard InChI is InChI=1S/C14H13FO2S/c1-11-7-9-12(10-8-11)14(15)18(16,17)13-5-3-2-4-6-13/h2-10,14H,1H3. The average molecular weight is 264 g/mol. The first kappa shape index (κ1) is 12.8. The minimum atomic E-state index is -3.97. The summed E-state index contributed by atoms with van der Waals surface area (Å²) in [6.45, 7) is 1.86. The first-order valence-corrected chi connectivity index (χ1v) is 7.06. The molecule has 0 saturated carbocycles. The summed E-state index contributed by atoms with van der Waals surface area (Å²) in [5, 5.41) is 0. The SMILES string of the molecule is Cc1ccc(C(F)S(=O)(=O)c2ccccc2)cc1. The number of halogens is 1. The highest BCUT2D eigenvalue weighted by atomic mass is 32.2. The van der Waals surface area contributed by atoms with Crippen LogP contribution in [0.4, 0.5) is 4.39 Å². The Balaban J connectivity index is 2.39. The van der Waals surface area contributed by atoms with Crippen LogP contribution in [0.3, 0.4) is 0 Å². The second-order valence-corrected chi connectivity index (χ2v) is 6.06. The van der Waals surface area contributed by atoms with Crippen molar-refractivity contribution in [1.29, 1.82) is 0 Å².